The molecule has 16 heavy (non-hydrogen) atoms. The summed E-state index contributed by atoms with van der Waals surface area (Å²) in [5.74, 6) is 0.0679. The van der Waals surface area contributed by atoms with Crippen molar-refractivity contribution in [2.24, 2.45) is 7.05 Å². The van der Waals surface area contributed by atoms with Gasteiger partial charge in [0.25, 0.3) is 0 Å². The van der Waals surface area contributed by atoms with Gasteiger partial charge in [0.15, 0.2) is 0 Å². The summed E-state index contributed by atoms with van der Waals surface area (Å²) in [6.07, 6.45) is 4.27. The van der Waals surface area contributed by atoms with E-state index in [1.54, 1.807) is 4.68 Å². The molecule has 0 saturated heterocycles. The summed E-state index contributed by atoms with van der Waals surface area (Å²) < 4.78 is 1.77. The highest BCUT2D eigenvalue weighted by Crippen LogP contribution is 2.28. The molecule has 0 saturated carbocycles. The van der Waals surface area contributed by atoms with Gasteiger partial charge in [-0.05, 0) is 23.3 Å². The number of nitrogens with one attached hydrogen (secondary N) is 1. The van der Waals surface area contributed by atoms with Crippen molar-refractivity contribution < 1.29 is 4.79 Å². The van der Waals surface area contributed by atoms with Crippen molar-refractivity contribution in [2.75, 3.05) is 5.32 Å². The van der Waals surface area contributed by atoms with Gasteiger partial charge in [-0.2, -0.15) is 5.10 Å². The summed E-state index contributed by atoms with van der Waals surface area (Å²) >= 11 is 0. The van der Waals surface area contributed by atoms with E-state index in [0.29, 0.717) is 6.42 Å². The Morgan fingerprint density at radius 3 is 3.00 bits per heavy atom. The normalized spacial score (nSPS) is 13.7. The van der Waals surface area contributed by atoms with Gasteiger partial charge in [-0.3, -0.25) is 9.48 Å². The van der Waals surface area contributed by atoms with Gasteiger partial charge >= 0.3 is 0 Å². The van der Waals surface area contributed by atoms with E-state index in [1.807, 2.05) is 37.6 Å². The summed E-state index contributed by atoms with van der Waals surface area (Å²) in [4.78, 5) is 11.2. The Morgan fingerprint density at radius 1 is 1.38 bits per heavy atom. The lowest BCUT2D eigenvalue weighted by Gasteiger charge is -2.01. The van der Waals surface area contributed by atoms with Gasteiger partial charge in [-0.25, -0.2) is 0 Å². The predicted molar refractivity (Wildman–Crippen MR) is 61.0 cm³/mol. The monoisotopic (exact) mass is 213 g/mol. The first-order chi connectivity index (χ1) is 7.72. The molecule has 0 radical (unpaired) electrons. The van der Waals surface area contributed by atoms with E-state index in [4.69, 9.17) is 0 Å². The number of benzene rings is 1. The average Bonchev–Trinajstić information content (AvgIpc) is 2.81. The smallest absolute Gasteiger partial charge is 0.228 e. The van der Waals surface area contributed by atoms with E-state index in [0.717, 1.165) is 22.4 Å². The molecule has 2 heterocycles. The third-order valence-corrected chi connectivity index (χ3v) is 2.77. The maximum absolute atomic E-state index is 11.2. The molecule has 0 unspecified atom stereocenters. The number of rotatable bonds is 1. The molecule has 0 spiro atoms. The number of hydrogen-bond donors (Lipinski definition) is 1. The molecule has 0 bridgehead atoms. The Bertz CT molecular complexity index is 571. The molecule has 1 amide bonds. The van der Waals surface area contributed by atoms with E-state index in [-0.39, 0.29) is 5.91 Å². The zero-order valence-corrected chi connectivity index (χ0v) is 8.90. The number of carbonyl (C=O) groups excluding carboxylic acids is 1. The SMILES string of the molecule is Cn1cc(-c2ccc3c(c2)CC(=O)N3)cn1. The standard InChI is InChI=1S/C12H11N3O/c1-15-7-10(6-13-15)8-2-3-11-9(4-8)5-12(16)14-11/h2-4,6-7H,5H2,1H3,(H,14,16). The first-order valence-corrected chi connectivity index (χ1v) is 5.14. The molecule has 1 aliphatic rings. The van der Waals surface area contributed by atoms with Crippen LogP contribution in [0.4, 0.5) is 5.69 Å². The zero-order chi connectivity index (χ0) is 11.1. The first kappa shape index (κ1) is 9.15. The molecular formula is C12H11N3O. The topological polar surface area (TPSA) is 46.9 Å². The van der Waals surface area contributed by atoms with Crippen LogP contribution in [0.15, 0.2) is 30.6 Å². The van der Waals surface area contributed by atoms with Gasteiger partial charge in [0.1, 0.15) is 0 Å². The first-order valence-electron chi connectivity index (χ1n) is 5.14. The van der Waals surface area contributed by atoms with Gasteiger partial charge in [0.2, 0.25) is 5.91 Å². The Morgan fingerprint density at radius 2 is 2.25 bits per heavy atom. The lowest BCUT2D eigenvalue weighted by atomic mass is 10.0. The van der Waals surface area contributed by atoms with Gasteiger partial charge in [-0.15, -0.1) is 0 Å². The third-order valence-electron chi connectivity index (χ3n) is 2.77. The lowest BCUT2D eigenvalue weighted by molar-refractivity contribution is -0.115. The summed E-state index contributed by atoms with van der Waals surface area (Å²) in [7, 11) is 1.89. The molecule has 3 rings (SSSR count). The molecule has 1 aromatic carbocycles. The minimum absolute atomic E-state index is 0.0679. The lowest BCUT2D eigenvalue weighted by Crippen LogP contribution is -2.03. The highest BCUT2D eigenvalue weighted by Gasteiger charge is 2.17. The Kier molecular flexibility index (Phi) is 1.83. The van der Waals surface area contributed by atoms with Gasteiger partial charge in [0, 0.05) is 24.5 Å². The molecule has 80 valence electrons. The largest absolute Gasteiger partial charge is 0.326 e. The van der Waals surface area contributed by atoms with Crippen molar-refractivity contribution in [3.63, 3.8) is 0 Å². The van der Waals surface area contributed by atoms with Crippen LogP contribution in [0.25, 0.3) is 11.1 Å². The number of amides is 1. The average molecular weight is 213 g/mol. The summed E-state index contributed by atoms with van der Waals surface area (Å²) in [5, 5.41) is 6.96. The Balaban J connectivity index is 2.05. The minimum Gasteiger partial charge on any atom is -0.326 e. The van der Waals surface area contributed by atoms with Gasteiger partial charge in [0.05, 0.1) is 12.6 Å². The number of nitrogens with zero attached hydrogens (tertiary/aromatic N) is 2. The number of aryl methyl sites for hydroxylation is 1. The summed E-state index contributed by atoms with van der Waals surface area (Å²) in [5.41, 5.74) is 4.16. The molecule has 2 aromatic rings. The quantitative estimate of drug-likeness (QED) is 0.781. The van der Waals surface area contributed by atoms with Crippen LogP contribution in [0.2, 0.25) is 0 Å². The molecule has 1 aliphatic heterocycles. The Labute approximate surface area is 92.9 Å². The molecular weight excluding hydrogens is 202 g/mol. The van der Waals surface area contributed by atoms with Crippen molar-refractivity contribution >= 4 is 11.6 Å². The fraction of sp³-hybridized carbons (Fsp3) is 0.167. The number of aromatic nitrogens is 2. The molecule has 1 aromatic heterocycles. The van der Waals surface area contributed by atoms with Crippen molar-refractivity contribution in [3.05, 3.63) is 36.2 Å². The number of fused-ring (bicyclic) bond motifs is 1. The van der Waals surface area contributed by atoms with Crippen LogP contribution in [0, 0.1) is 0 Å². The predicted octanol–water partition coefficient (Wildman–Crippen LogP) is 1.58. The number of anilines is 1. The highest BCUT2D eigenvalue weighted by atomic mass is 16.1. The minimum atomic E-state index is 0.0679. The number of carbonyl (C=O) groups is 1. The highest BCUT2D eigenvalue weighted by molar-refractivity contribution is 5.99. The van der Waals surface area contributed by atoms with Gasteiger partial charge < -0.3 is 5.32 Å². The Hall–Kier alpha value is -2.10. The van der Waals surface area contributed by atoms with E-state index >= 15 is 0 Å². The van der Waals surface area contributed by atoms with E-state index in [1.165, 1.54) is 0 Å². The van der Waals surface area contributed by atoms with Crippen LogP contribution < -0.4 is 5.32 Å². The molecule has 0 atom stereocenters. The number of hydrogen-bond acceptors (Lipinski definition) is 2. The van der Waals surface area contributed by atoms with Crippen LogP contribution in [0.5, 0.6) is 0 Å². The summed E-state index contributed by atoms with van der Waals surface area (Å²) in [6, 6.07) is 5.99. The van der Waals surface area contributed by atoms with Crippen LogP contribution in [0.3, 0.4) is 0 Å². The fourth-order valence-electron chi connectivity index (χ4n) is 1.98. The van der Waals surface area contributed by atoms with Crippen LogP contribution in [-0.2, 0) is 18.3 Å². The van der Waals surface area contributed by atoms with Crippen molar-refractivity contribution in [3.8, 4) is 11.1 Å². The van der Waals surface area contributed by atoms with Crippen molar-refractivity contribution in [2.45, 2.75) is 6.42 Å². The second kappa shape index (κ2) is 3.20. The van der Waals surface area contributed by atoms with Gasteiger partial charge in [-0.1, -0.05) is 6.07 Å². The molecule has 0 fully saturated rings. The third kappa shape index (κ3) is 1.39. The van der Waals surface area contributed by atoms with Crippen LogP contribution in [-0.4, -0.2) is 15.7 Å². The molecule has 0 aliphatic carbocycles. The van der Waals surface area contributed by atoms with E-state index < -0.39 is 0 Å². The molecule has 4 heteroatoms. The second-order valence-electron chi connectivity index (χ2n) is 4.00. The van der Waals surface area contributed by atoms with Crippen LogP contribution in [0.1, 0.15) is 5.56 Å². The van der Waals surface area contributed by atoms with Crippen molar-refractivity contribution in [1.82, 2.24) is 9.78 Å². The second-order valence-corrected chi connectivity index (χ2v) is 4.00. The maximum Gasteiger partial charge on any atom is 0.228 e. The molecule has 4 nitrogen and oxygen atoms in total. The van der Waals surface area contributed by atoms with Crippen molar-refractivity contribution in [1.29, 1.82) is 0 Å². The van der Waals surface area contributed by atoms with E-state index in [9.17, 15) is 4.79 Å². The zero-order valence-electron chi connectivity index (χ0n) is 8.90. The maximum atomic E-state index is 11.2. The molecule has 1 N–H and O–H groups in total. The fourth-order valence-corrected chi connectivity index (χ4v) is 1.98. The van der Waals surface area contributed by atoms with Crippen LogP contribution >= 0.6 is 0 Å². The van der Waals surface area contributed by atoms with E-state index in [2.05, 4.69) is 10.4 Å². The summed E-state index contributed by atoms with van der Waals surface area (Å²) in [6.45, 7) is 0.